The highest BCUT2D eigenvalue weighted by Crippen LogP contribution is 2.50. The molecule has 4 rings (SSSR count). The van der Waals surface area contributed by atoms with Gasteiger partial charge in [0.05, 0.1) is 11.4 Å². The van der Waals surface area contributed by atoms with Crippen molar-refractivity contribution in [3.05, 3.63) is 72.2 Å². The highest BCUT2D eigenvalue weighted by Gasteiger charge is 2.38. The van der Waals surface area contributed by atoms with Crippen molar-refractivity contribution in [1.82, 2.24) is 9.97 Å². The lowest BCUT2D eigenvalue weighted by Gasteiger charge is -2.23. The summed E-state index contributed by atoms with van der Waals surface area (Å²) in [6.45, 7) is 4.49. The van der Waals surface area contributed by atoms with E-state index in [1.165, 1.54) is 22.3 Å². The molecule has 2 heteroatoms. The first-order chi connectivity index (χ1) is 10.2. The van der Waals surface area contributed by atoms with Gasteiger partial charge in [-0.25, -0.2) is 0 Å². The van der Waals surface area contributed by atoms with E-state index in [0.717, 1.165) is 11.4 Å². The van der Waals surface area contributed by atoms with Crippen LogP contribution in [0.15, 0.2) is 60.9 Å². The lowest BCUT2D eigenvalue weighted by Crippen LogP contribution is -2.17. The highest BCUT2D eigenvalue weighted by atomic mass is 14.7. The van der Waals surface area contributed by atoms with E-state index in [9.17, 15) is 0 Å². The molecule has 21 heavy (non-hydrogen) atoms. The zero-order chi connectivity index (χ0) is 14.4. The third-order valence-electron chi connectivity index (χ3n) is 4.32. The number of hydrogen-bond acceptors (Lipinski definition) is 2. The van der Waals surface area contributed by atoms with Gasteiger partial charge in [0.15, 0.2) is 0 Å². The topological polar surface area (TPSA) is 25.8 Å². The first-order valence-electron chi connectivity index (χ1n) is 7.20. The molecule has 0 amide bonds. The van der Waals surface area contributed by atoms with Gasteiger partial charge >= 0.3 is 0 Å². The van der Waals surface area contributed by atoms with Gasteiger partial charge in [0, 0.05) is 28.9 Å². The first kappa shape index (κ1) is 12.3. The number of rotatable bonds is 1. The van der Waals surface area contributed by atoms with E-state index >= 15 is 0 Å². The Bertz CT molecular complexity index is 820. The molecule has 0 spiro atoms. The summed E-state index contributed by atoms with van der Waals surface area (Å²) in [5.41, 5.74) is 7.15. The zero-order valence-corrected chi connectivity index (χ0v) is 12.2. The molecule has 102 valence electrons. The quantitative estimate of drug-likeness (QED) is 0.654. The largest absolute Gasteiger partial charge is 0.260 e. The second-order valence-electron chi connectivity index (χ2n) is 5.97. The van der Waals surface area contributed by atoms with Crippen molar-refractivity contribution in [2.45, 2.75) is 19.3 Å². The van der Waals surface area contributed by atoms with E-state index < -0.39 is 0 Å². The molecule has 0 bridgehead atoms. The summed E-state index contributed by atoms with van der Waals surface area (Å²) in [5, 5.41) is 0. The second kappa shape index (κ2) is 4.26. The molecule has 0 radical (unpaired) electrons. The van der Waals surface area contributed by atoms with Crippen molar-refractivity contribution in [3.63, 3.8) is 0 Å². The molecular formula is C19H16N2. The lowest BCUT2D eigenvalue weighted by atomic mass is 9.81. The third-order valence-corrected chi connectivity index (χ3v) is 4.32. The Morgan fingerprint density at radius 1 is 0.714 bits per heavy atom. The van der Waals surface area contributed by atoms with Crippen LogP contribution < -0.4 is 0 Å². The number of hydrogen-bond donors (Lipinski definition) is 0. The van der Waals surface area contributed by atoms with Crippen molar-refractivity contribution in [2.24, 2.45) is 0 Å². The minimum Gasteiger partial charge on any atom is -0.260 e. The predicted octanol–water partition coefficient (Wildman–Crippen LogP) is 4.45. The smallest absolute Gasteiger partial charge is 0.0705 e. The maximum atomic E-state index is 4.64. The summed E-state index contributed by atoms with van der Waals surface area (Å²) in [7, 11) is 0. The molecular weight excluding hydrogens is 256 g/mol. The average molecular weight is 272 g/mol. The van der Waals surface area contributed by atoms with Gasteiger partial charge < -0.3 is 0 Å². The van der Waals surface area contributed by atoms with Crippen LogP contribution in [0, 0.1) is 0 Å². The molecule has 0 saturated carbocycles. The molecule has 2 nitrogen and oxygen atoms in total. The van der Waals surface area contributed by atoms with Gasteiger partial charge in [-0.05, 0) is 29.3 Å². The Balaban J connectivity index is 2.06. The van der Waals surface area contributed by atoms with Gasteiger partial charge in [-0.15, -0.1) is 0 Å². The van der Waals surface area contributed by atoms with Crippen molar-refractivity contribution >= 4 is 0 Å². The van der Waals surface area contributed by atoms with Gasteiger partial charge in [0.2, 0.25) is 0 Å². The fourth-order valence-electron chi connectivity index (χ4n) is 3.42. The van der Waals surface area contributed by atoms with E-state index in [-0.39, 0.29) is 5.41 Å². The third kappa shape index (κ3) is 1.65. The van der Waals surface area contributed by atoms with Crippen molar-refractivity contribution in [1.29, 1.82) is 0 Å². The van der Waals surface area contributed by atoms with Crippen molar-refractivity contribution in [3.8, 4) is 22.4 Å². The molecule has 0 saturated heterocycles. The fourth-order valence-corrected chi connectivity index (χ4v) is 3.42. The van der Waals surface area contributed by atoms with E-state index in [0.29, 0.717) is 0 Å². The molecule has 0 atom stereocenters. The van der Waals surface area contributed by atoms with Crippen molar-refractivity contribution < 1.29 is 0 Å². The zero-order valence-electron chi connectivity index (χ0n) is 12.2. The standard InChI is InChI=1S/C19H16N2/c1-19(2)17-13(14-9-6-12-21-18(14)19)7-5-8-15(17)16-10-3-4-11-20-16/h3-12H,1-2H3. The van der Waals surface area contributed by atoms with Gasteiger partial charge in [0.1, 0.15) is 0 Å². The molecule has 1 aliphatic rings. The van der Waals surface area contributed by atoms with Gasteiger partial charge in [-0.1, -0.05) is 44.2 Å². The van der Waals surface area contributed by atoms with E-state index in [2.05, 4.69) is 54.1 Å². The number of pyridine rings is 2. The molecule has 2 aromatic heterocycles. The van der Waals surface area contributed by atoms with Crippen LogP contribution in [0.1, 0.15) is 25.1 Å². The van der Waals surface area contributed by atoms with Crippen LogP contribution in [0.5, 0.6) is 0 Å². The molecule has 2 heterocycles. The van der Waals surface area contributed by atoms with Crippen LogP contribution in [0.3, 0.4) is 0 Å². The summed E-state index contributed by atoms with van der Waals surface area (Å²) in [6, 6.07) is 16.7. The number of fused-ring (bicyclic) bond motifs is 3. The van der Waals surface area contributed by atoms with Crippen LogP contribution >= 0.6 is 0 Å². The van der Waals surface area contributed by atoms with Crippen LogP contribution in [0.2, 0.25) is 0 Å². The molecule has 0 unspecified atom stereocenters. The van der Waals surface area contributed by atoms with Crippen molar-refractivity contribution in [2.75, 3.05) is 0 Å². The minimum atomic E-state index is -0.0972. The Labute approximate surface area is 124 Å². The predicted molar refractivity (Wildman–Crippen MR) is 85.0 cm³/mol. The van der Waals surface area contributed by atoms with Crippen LogP contribution in [-0.2, 0) is 5.41 Å². The average Bonchev–Trinajstić information content (AvgIpc) is 2.77. The molecule has 0 N–H and O–H groups in total. The summed E-state index contributed by atoms with van der Waals surface area (Å²) >= 11 is 0. The fraction of sp³-hybridized carbons (Fsp3) is 0.158. The molecule has 1 aromatic carbocycles. The number of nitrogens with zero attached hydrogens (tertiary/aromatic N) is 2. The monoisotopic (exact) mass is 272 g/mol. The second-order valence-corrected chi connectivity index (χ2v) is 5.97. The Morgan fingerprint density at radius 3 is 2.29 bits per heavy atom. The minimum absolute atomic E-state index is 0.0972. The summed E-state index contributed by atoms with van der Waals surface area (Å²) in [6.07, 6.45) is 3.73. The normalized spacial score (nSPS) is 14.6. The Morgan fingerprint density at radius 2 is 1.48 bits per heavy atom. The van der Waals surface area contributed by atoms with Crippen LogP contribution in [0.25, 0.3) is 22.4 Å². The molecule has 3 aromatic rings. The lowest BCUT2D eigenvalue weighted by molar-refractivity contribution is 0.638. The van der Waals surface area contributed by atoms with E-state index in [1.807, 2.05) is 30.6 Å². The van der Waals surface area contributed by atoms with Gasteiger partial charge in [0.25, 0.3) is 0 Å². The van der Waals surface area contributed by atoms with Gasteiger partial charge in [-0.2, -0.15) is 0 Å². The summed E-state index contributed by atoms with van der Waals surface area (Å²) in [5.74, 6) is 0. The first-order valence-corrected chi connectivity index (χ1v) is 7.20. The van der Waals surface area contributed by atoms with E-state index in [4.69, 9.17) is 0 Å². The van der Waals surface area contributed by atoms with E-state index in [1.54, 1.807) is 0 Å². The molecule has 0 fully saturated rings. The maximum absolute atomic E-state index is 4.64. The maximum Gasteiger partial charge on any atom is 0.0705 e. The molecule has 0 aliphatic heterocycles. The SMILES string of the molecule is CC1(C)c2ncccc2-c2cccc(-c3ccccn3)c21. The number of benzene rings is 1. The highest BCUT2D eigenvalue weighted by molar-refractivity contribution is 5.86. The van der Waals surface area contributed by atoms with Gasteiger partial charge in [-0.3, -0.25) is 9.97 Å². The van der Waals surface area contributed by atoms with Crippen LogP contribution in [-0.4, -0.2) is 9.97 Å². The Kier molecular flexibility index (Phi) is 2.49. The van der Waals surface area contributed by atoms with Crippen LogP contribution in [0.4, 0.5) is 0 Å². The molecule has 1 aliphatic carbocycles. The number of aromatic nitrogens is 2. The summed E-state index contributed by atoms with van der Waals surface area (Å²) < 4.78 is 0. The Hall–Kier alpha value is -2.48. The summed E-state index contributed by atoms with van der Waals surface area (Å²) in [4.78, 5) is 9.18.